The van der Waals surface area contributed by atoms with E-state index >= 15 is 0 Å². The lowest BCUT2D eigenvalue weighted by molar-refractivity contribution is 0.341. The van der Waals surface area contributed by atoms with Crippen LogP contribution in [0.15, 0.2) is 53.3 Å². The first-order valence-corrected chi connectivity index (χ1v) is 9.90. The Morgan fingerprint density at radius 2 is 1.89 bits per heavy atom. The fourth-order valence-corrected chi connectivity index (χ4v) is 3.91. The molecule has 1 N–H and O–H groups in total. The molecule has 4 rings (SSSR count). The zero-order valence-corrected chi connectivity index (χ0v) is 16.5. The predicted molar refractivity (Wildman–Crippen MR) is 113 cm³/mol. The van der Waals surface area contributed by atoms with E-state index < -0.39 is 0 Å². The van der Waals surface area contributed by atoms with Crippen LogP contribution in [-0.2, 0) is 0 Å². The van der Waals surface area contributed by atoms with E-state index in [4.69, 9.17) is 9.84 Å². The third kappa shape index (κ3) is 3.07. The van der Waals surface area contributed by atoms with Gasteiger partial charge < -0.3 is 9.72 Å². The molecular weight excluding hydrogens is 350 g/mol. The van der Waals surface area contributed by atoms with Crippen molar-refractivity contribution in [3.05, 3.63) is 64.6 Å². The Labute approximate surface area is 164 Å². The number of aromatic nitrogens is 3. The molecule has 144 valence electrons. The highest BCUT2D eigenvalue weighted by Crippen LogP contribution is 2.36. The Hall–Kier alpha value is -3.08. The van der Waals surface area contributed by atoms with Gasteiger partial charge in [0.15, 0.2) is 0 Å². The van der Waals surface area contributed by atoms with Gasteiger partial charge in [0.25, 0.3) is 5.56 Å². The van der Waals surface area contributed by atoms with Crippen molar-refractivity contribution in [1.29, 1.82) is 0 Å². The molecule has 0 radical (unpaired) electrons. The van der Waals surface area contributed by atoms with E-state index in [0.29, 0.717) is 6.61 Å². The van der Waals surface area contributed by atoms with E-state index in [9.17, 15) is 4.79 Å². The number of hydrogen-bond donors (Lipinski definition) is 1. The second-order valence-corrected chi connectivity index (χ2v) is 7.14. The minimum Gasteiger partial charge on any atom is -0.493 e. The van der Waals surface area contributed by atoms with Crippen LogP contribution in [0.3, 0.4) is 0 Å². The number of rotatable bonds is 6. The smallest absolute Gasteiger partial charge is 0.251 e. The van der Waals surface area contributed by atoms with Crippen molar-refractivity contribution in [2.75, 3.05) is 6.61 Å². The molecule has 1 unspecified atom stereocenters. The Morgan fingerprint density at radius 3 is 2.68 bits per heavy atom. The van der Waals surface area contributed by atoms with Crippen molar-refractivity contribution in [3.63, 3.8) is 0 Å². The lowest BCUT2D eigenvalue weighted by Crippen LogP contribution is -2.13. The van der Waals surface area contributed by atoms with Crippen LogP contribution in [0.1, 0.15) is 45.2 Å². The minimum absolute atomic E-state index is 0.0971. The number of aromatic amines is 1. The molecular formula is C23H25N3O2. The third-order valence-electron chi connectivity index (χ3n) is 5.17. The van der Waals surface area contributed by atoms with E-state index in [1.807, 2.05) is 47.8 Å². The van der Waals surface area contributed by atoms with Gasteiger partial charge in [0.1, 0.15) is 11.4 Å². The van der Waals surface area contributed by atoms with Crippen LogP contribution in [-0.4, -0.2) is 21.2 Å². The van der Waals surface area contributed by atoms with Crippen LogP contribution in [0, 0.1) is 0 Å². The molecule has 0 bridgehead atoms. The van der Waals surface area contributed by atoms with Crippen LogP contribution < -0.4 is 10.3 Å². The highest BCUT2D eigenvalue weighted by Gasteiger charge is 2.18. The van der Waals surface area contributed by atoms with Gasteiger partial charge in [0, 0.05) is 11.6 Å². The van der Waals surface area contributed by atoms with Gasteiger partial charge in [-0.1, -0.05) is 50.6 Å². The molecule has 2 aromatic carbocycles. The second kappa shape index (κ2) is 7.50. The summed E-state index contributed by atoms with van der Waals surface area (Å²) in [6, 6.07) is 15.7. The standard InChI is InChI=1S/C23H25N3O2/c1-4-9-15(3)19-14-21(27)24-23-22-17(11-8-12-18(22)25-26(19)23)16-10-6-7-13-20(16)28-5-2/h6-8,10-15H,4-5,9H2,1-3H3,(H,24,27). The Morgan fingerprint density at radius 1 is 1.11 bits per heavy atom. The minimum atomic E-state index is -0.0971. The predicted octanol–water partition coefficient (Wildman–Crippen LogP) is 5.15. The average Bonchev–Trinajstić information content (AvgIpc) is 3.07. The van der Waals surface area contributed by atoms with Crippen LogP contribution in [0.25, 0.3) is 27.7 Å². The maximum atomic E-state index is 12.5. The van der Waals surface area contributed by atoms with Crippen molar-refractivity contribution in [1.82, 2.24) is 14.6 Å². The van der Waals surface area contributed by atoms with Gasteiger partial charge in [-0.3, -0.25) is 4.79 Å². The summed E-state index contributed by atoms with van der Waals surface area (Å²) in [7, 11) is 0. The molecule has 0 saturated carbocycles. The number of nitrogens with zero attached hydrogens (tertiary/aromatic N) is 2. The number of para-hydroxylation sites is 1. The summed E-state index contributed by atoms with van der Waals surface area (Å²) in [6.45, 7) is 6.88. The lowest BCUT2D eigenvalue weighted by Gasteiger charge is -2.12. The summed E-state index contributed by atoms with van der Waals surface area (Å²) in [5, 5.41) is 5.77. The molecule has 0 aliphatic heterocycles. The van der Waals surface area contributed by atoms with Crippen LogP contribution >= 0.6 is 0 Å². The molecule has 0 saturated heterocycles. The van der Waals surface area contributed by atoms with Crippen molar-refractivity contribution in [2.45, 2.75) is 39.5 Å². The number of fused-ring (bicyclic) bond motifs is 3. The molecule has 2 aromatic heterocycles. The molecule has 2 heterocycles. The van der Waals surface area contributed by atoms with Gasteiger partial charge in [0.05, 0.1) is 23.2 Å². The first-order chi connectivity index (χ1) is 13.6. The summed E-state index contributed by atoms with van der Waals surface area (Å²) in [4.78, 5) is 15.5. The van der Waals surface area contributed by atoms with Crippen molar-refractivity contribution >= 4 is 16.6 Å². The van der Waals surface area contributed by atoms with Crippen LogP contribution in [0.5, 0.6) is 5.75 Å². The van der Waals surface area contributed by atoms with E-state index in [1.54, 1.807) is 6.07 Å². The van der Waals surface area contributed by atoms with Gasteiger partial charge in [-0.05, 0) is 37.0 Å². The summed E-state index contributed by atoms with van der Waals surface area (Å²) < 4.78 is 7.75. The monoisotopic (exact) mass is 375 g/mol. The molecule has 5 heteroatoms. The maximum Gasteiger partial charge on any atom is 0.251 e. The third-order valence-corrected chi connectivity index (χ3v) is 5.17. The number of nitrogens with one attached hydrogen (secondary N) is 1. The molecule has 0 aliphatic rings. The van der Waals surface area contributed by atoms with Gasteiger partial charge in [-0.15, -0.1) is 0 Å². The Balaban J connectivity index is 2.05. The Bertz CT molecular complexity index is 1190. The van der Waals surface area contributed by atoms with Crippen LogP contribution in [0.4, 0.5) is 0 Å². The van der Waals surface area contributed by atoms with Crippen molar-refractivity contribution in [3.8, 4) is 16.9 Å². The first kappa shape index (κ1) is 18.3. The van der Waals surface area contributed by atoms with Gasteiger partial charge in [-0.2, -0.15) is 5.10 Å². The van der Waals surface area contributed by atoms with Crippen molar-refractivity contribution in [2.24, 2.45) is 0 Å². The highest BCUT2D eigenvalue weighted by atomic mass is 16.5. The fourth-order valence-electron chi connectivity index (χ4n) is 3.91. The molecule has 4 aromatic rings. The normalized spacial score (nSPS) is 12.5. The number of ether oxygens (including phenoxy) is 1. The largest absolute Gasteiger partial charge is 0.493 e. The number of benzene rings is 2. The number of H-pyrrole nitrogens is 1. The first-order valence-electron chi connectivity index (χ1n) is 9.90. The zero-order valence-electron chi connectivity index (χ0n) is 16.5. The van der Waals surface area contributed by atoms with Gasteiger partial charge in [-0.25, -0.2) is 4.52 Å². The molecule has 0 amide bonds. The summed E-state index contributed by atoms with van der Waals surface area (Å²) in [6.07, 6.45) is 2.07. The second-order valence-electron chi connectivity index (χ2n) is 7.14. The molecule has 0 spiro atoms. The van der Waals surface area contributed by atoms with Gasteiger partial charge >= 0.3 is 0 Å². The van der Waals surface area contributed by atoms with Gasteiger partial charge in [0.2, 0.25) is 0 Å². The topological polar surface area (TPSA) is 59.4 Å². The summed E-state index contributed by atoms with van der Waals surface area (Å²) in [5.74, 6) is 1.08. The van der Waals surface area contributed by atoms with Crippen molar-refractivity contribution < 1.29 is 4.74 Å². The quantitative estimate of drug-likeness (QED) is 0.507. The maximum absolute atomic E-state index is 12.5. The summed E-state index contributed by atoms with van der Waals surface area (Å²) >= 11 is 0. The SMILES string of the molecule is CCCC(C)c1cc(=O)[nH]c2c3c(-c4ccccc4OCC)cccc3nn12. The number of hydrogen-bond acceptors (Lipinski definition) is 3. The zero-order chi connectivity index (χ0) is 19.7. The average molecular weight is 375 g/mol. The highest BCUT2D eigenvalue weighted by molar-refractivity contribution is 6.04. The molecule has 1 atom stereocenters. The Kier molecular flexibility index (Phi) is 4.90. The molecule has 0 aliphatic carbocycles. The van der Waals surface area contributed by atoms with E-state index in [0.717, 1.165) is 52.0 Å². The van der Waals surface area contributed by atoms with E-state index in [2.05, 4.69) is 24.9 Å². The van der Waals surface area contributed by atoms with Crippen LogP contribution in [0.2, 0.25) is 0 Å². The lowest BCUT2D eigenvalue weighted by atomic mass is 10.00. The summed E-state index contributed by atoms with van der Waals surface area (Å²) in [5.41, 5.74) is 4.45. The van der Waals surface area contributed by atoms with E-state index in [1.165, 1.54) is 0 Å². The fraction of sp³-hybridized carbons (Fsp3) is 0.304. The molecule has 28 heavy (non-hydrogen) atoms. The molecule has 0 fully saturated rings. The molecule has 5 nitrogen and oxygen atoms in total. The van der Waals surface area contributed by atoms with E-state index in [-0.39, 0.29) is 11.5 Å².